The highest BCUT2D eigenvalue weighted by atomic mass is 15.3. The lowest BCUT2D eigenvalue weighted by Gasteiger charge is -2.37. The minimum Gasteiger partial charge on any atom is -0.310 e. The van der Waals surface area contributed by atoms with Crippen molar-refractivity contribution in [2.45, 2.75) is 12.6 Å². The zero-order valence-electron chi connectivity index (χ0n) is 10.6. The summed E-state index contributed by atoms with van der Waals surface area (Å²) in [5, 5.41) is 3.45. The third-order valence-electron chi connectivity index (χ3n) is 3.28. The summed E-state index contributed by atoms with van der Waals surface area (Å²) in [5.41, 5.74) is 0.999. The number of piperazine rings is 1. The second kappa shape index (κ2) is 6.05. The van der Waals surface area contributed by atoms with Crippen LogP contribution in [0, 0.1) is 0 Å². The van der Waals surface area contributed by atoms with Crippen LogP contribution >= 0.6 is 0 Å². The molecule has 0 radical (unpaired) electrons. The van der Waals surface area contributed by atoms with Gasteiger partial charge in [-0.3, -0.25) is 14.9 Å². The van der Waals surface area contributed by atoms with Crippen LogP contribution in [0.3, 0.4) is 0 Å². The van der Waals surface area contributed by atoms with Gasteiger partial charge in [0.05, 0.1) is 5.69 Å². The molecule has 5 heteroatoms. The van der Waals surface area contributed by atoms with Crippen LogP contribution in [0.2, 0.25) is 0 Å². The molecule has 1 atom stereocenters. The van der Waals surface area contributed by atoms with Gasteiger partial charge >= 0.3 is 0 Å². The summed E-state index contributed by atoms with van der Waals surface area (Å²) in [7, 11) is 4.38. The van der Waals surface area contributed by atoms with Gasteiger partial charge in [0.1, 0.15) is 0 Å². The molecule has 1 aliphatic heterocycles. The van der Waals surface area contributed by atoms with Gasteiger partial charge in [-0.1, -0.05) is 0 Å². The van der Waals surface area contributed by atoms with Crippen molar-refractivity contribution in [1.82, 2.24) is 25.1 Å². The molecule has 2 heterocycles. The number of rotatable bonds is 4. The largest absolute Gasteiger partial charge is 0.310 e. The van der Waals surface area contributed by atoms with Crippen molar-refractivity contribution < 1.29 is 0 Å². The molecule has 2 rings (SSSR count). The van der Waals surface area contributed by atoms with E-state index in [0.29, 0.717) is 6.04 Å². The molecular weight excluding hydrogens is 214 g/mol. The maximum Gasteiger partial charge on any atom is 0.0724 e. The van der Waals surface area contributed by atoms with E-state index in [4.69, 9.17) is 0 Å². The maximum absolute atomic E-state index is 4.25. The van der Waals surface area contributed by atoms with Gasteiger partial charge in [0.25, 0.3) is 0 Å². The van der Waals surface area contributed by atoms with Gasteiger partial charge in [-0.25, -0.2) is 0 Å². The van der Waals surface area contributed by atoms with E-state index in [1.165, 1.54) is 0 Å². The summed E-state index contributed by atoms with van der Waals surface area (Å²) in [6, 6.07) is 0.588. The Hall–Kier alpha value is -1.04. The molecule has 0 amide bonds. The number of hydrogen-bond donors (Lipinski definition) is 1. The Balaban J connectivity index is 1.74. The van der Waals surface area contributed by atoms with Crippen LogP contribution in [0.25, 0.3) is 0 Å². The van der Waals surface area contributed by atoms with Crippen molar-refractivity contribution in [3.8, 4) is 0 Å². The minimum atomic E-state index is 0.588. The van der Waals surface area contributed by atoms with E-state index >= 15 is 0 Å². The highest BCUT2D eigenvalue weighted by molar-refractivity contribution is 4.94. The molecule has 94 valence electrons. The number of nitrogens with zero attached hydrogens (tertiary/aromatic N) is 4. The van der Waals surface area contributed by atoms with Gasteiger partial charge in [-0.05, 0) is 14.1 Å². The molecule has 0 aliphatic carbocycles. The number of aromatic nitrogens is 2. The number of nitrogens with one attached hydrogen (secondary N) is 1. The summed E-state index contributed by atoms with van der Waals surface area (Å²) < 4.78 is 0. The van der Waals surface area contributed by atoms with E-state index in [-0.39, 0.29) is 0 Å². The number of hydrogen-bond acceptors (Lipinski definition) is 5. The monoisotopic (exact) mass is 235 g/mol. The second-order valence-corrected chi connectivity index (χ2v) is 4.72. The van der Waals surface area contributed by atoms with Gasteiger partial charge in [0, 0.05) is 57.4 Å². The molecule has 0 saturated carbocycles. The minimum absolute atomic E-state index is 0.588. The molecule has 0 spiro atoms. The molecule has 1 aliphatic rings. The van der Waals surface area contributed by atoms with Gasteiger partial charge < -0.3 is 10.2 Å². The molecule has 1 fully saturated rings. The van der Waals surface area contributed by atoms with Crippen molar-refractivity contribution >= 4 is 0 Å². The summed E-state index contributed by atoms with van der Waals surface area (Å²) in [6.07, 6.45) is 5.24. The van der Waals surface area contributed by atoms with Crippen LogP contribution in [-0.4, -0.2) is 66.1 Å². The van der Waals surface area contributed by atoms with Crippen molar-refractivity contribution in [3.63, 3.8) is 0 Å². The first-order valence-corrected chi connectivity index (χ1v) is 6.10. The Morgan fingerprint density at radius 1 is 1.35 bits per heavy atom. The molecule has 1 saturated heterocycles. The quantitative estimate of drug-likeness (QED) is 0.784. The van der Waals surface area contributed by atoms with Crippen molar-refractivity contribution in [2.75, 3.05) is 40.3 Å². The van der Waals surface area contributed by atoms with E-state index < -0.39 is 0 Å². The Labute approximate surface area is 103 Å². The standard InChI is InChI=1S/C12H21N5/c1-16-5-6-17(2)12(10-16)9-14-8-11-7-13-3-4-15-11/h3-4,7,12,14H,5-6,8-10H2,1-2H3. The van der Waals surface area contributed by atoms with E-state index in [2.05, 4.69) is 39.2 Å². The Morgan fingerprint density at radius 3 is 3.00 bits per heavy atom. The SMILES string of the molecule is CN1CCN(C)C(CNCc2cnccn2)C1. The lowest BCUT2D eigenvalue weighted by molar-refractivity contribution is 0.113. The normalized spacial score (nSPS) is 22.8. The molecule has 5 nitrogen and oxygen atoms in total. The summed E-state index contributed by atoms with van der Waals surface area (Å²) in [4.78, 5) is 13.1. The molecule has 1 N–H and O–H groups in total. The topological polar surface area (TPSA) is 44.3 Å². The predicted octanol–water partition coefficient (Wildman–Crippen LogP) is -0.188. The van der Waals surface area contributed by atoms with Gasteiger partial charge in [-0.2, -0.15) is 0 Å². The molecule has 1 aromatic heterocycles. The van der Waals surface area contributed by atoms with Crippen LogP contribution in [0.4, 0.5) is 0 Å². The van der Waals surface area contributed by atoms with Crippen LogP contribution < -0.4 is 5.32 Å². The molecular formula is C12H21N5. The zero-order valence-corrected chi connectivity index (χ0v) is 10.6. The van der Waals surface area contributed by atoms with Gasteiger partial charge in [0.15, 0.2) is 0 Å². The summed E-state index contributed by atoms with van der Waals surface area (Å²) >= 11 is 0. The van der Waals surface area contributed by atoms with Crippen molar-refractivity contribution in [2.24, 2.45) is 0 Å². The van der Waals surface area contributed by atoms with Crippen LogP contribution in [0.5, 0.6) is 0 Å². The summed E-state index contributed by atoms with van der Waals surface area (Å²) in [6.45, 7) is 5.23. The van der Waals surface area contributed by atoms with E-state index in [1.807, 2.05) is 6.20 Å². The smallest absolute Gasteiger partial charge is 0.0724 e. The Bertz CT molecular complexity index is 329. The van der Waals surface area contributed by atoms with Crippen molar-refractivity contribution in [1.29, 1.82) is 0 Å². The lowest BCUT2D eigenvalue weighted by atomic mass is 10.2. The Morgan fingerprint density at radius 2 is 2.24 bits per heavy atom. The first-order valence-electron chi connectivity index (χ1n) is 6.10. The van der Waals surface area contributed by atoms with Gasteiger partial charge in [-0.15, -0.1) is 0 Å². The van der Waals surface area contributed by atoms with Crippen LogP contribution in [-0.2, 0) is 6.54 Å². The fourth-order valence-corrected chi connectivity index (χ4v) is 2.11. The Kier molecular flexibility index (Phi) is 4.42. The fourth-order valence-electron chi connectivity index (χ4n) is 2.11. The molecule has 0 aromatic carbocycles. The first kappa shape index (κ1) is 12.4. The third kappa shape index (κ3) is 3.73. The van der Waals surface area contributed by atoms with Crippen molar-refractivity contribution in [3.05, 3.63) is 24.3 Å². The second-order valence-electron chi connectivity index (χ2n) is 4.72. The lowest BCUT2D eigenvalue weighted by Crippen LogP contribution is -2.53. The average Bonchev–Trinajstić information content (AvgIpc) is 2.35. The molecule has 0 bridgehead atoms. The first-order chi connectivity index (χ1) is 8.25. The summed E-state index contributed by atoms with van der Waals surface area (Å²) in [5.74, 6) is 0. The molecule has 17 heavy (non-hydrogen) atoms. The van der Waals surface area contributed by atoms with E-state index in [1.54, 1.807) is 12.4 Å². The third-order valence-corrected chi connectivity index (χ3v) is 3.28. The highest BCUT2D eigenvalue weighted by Gasteiger charge is 2.21. The zero-order chi connectivity index (χ0) is 12.1. The van der Waals surface area contributed by atoms with E-state index in [0.717, 1.165) is 38.4 Å². The van der Waals surface area contributed by atoms with Crippen LogP contribution in [0.1, 0.15) is 5.69 Å². The highest BCUT2D eigenvalue weighted by Crippen LogP contribution is 2.04. The molecule has 1 unspecified atom stereocenters. The average molecular weight is 235 g/mol. The van der Waals surface area contributed by atoms with Gasteiger partial charge in [0.2, 0.25) is 0 Å². The predicted molar refractivity (Wildman–Crippen MR) is 67.7 cm³/mol. The maximum atomic E-state index is 4.25. The fraction of sp³-hybridized carbons (Fsp3) is 0.667. The number of likely N-dealkylation sites (N-methyl/N-ethyl adjacent to an activating group) is 2. The van der Waals surface area contributed by atoms with Crippen LogP contribution in [0.15, 0.2) is 18.6 Å². The molecule has 1 aromatic rings. The van der Waals surface area contributed by atoms with E-state index in [9.17, 15) is 0 Å².